The lowest BCUT2D eigenvalue weighted by Gasteiger charge is -2.25. The van der Waals surface area contributed by atoms with Gasteiger partial charge in [-0.15, -0.1) is 0 Å². The van der Waals surface area contributed by atoms with Crippen LogP contribution in [0.15, 0.2) is 18.2 Å². The van der Waals surface area contributed by atoms with Gasteiger partial charge in [-0.05, 0) is 50.3 Å². The molecular formula is C21H25ClN4O6. The van der Waals surface area contributed by atoms with E-state index >= 15 is 0 Å². The van der Waals surface area contributed by atoms with Gasteiger partial charge in [0.2, 0.25) is 11.7 Å². The molecule has 172 valence electrons. The molecular weight excluding hydrogens is 440 g/mol. The lowest BCUT2D eigenvalue weighted by atomic mass is 9.95. The van der Waals surface area contributed by atoms with Gasteiger partial charge < -0.3 is 20.7 Å². The summed E-state index contributed by atoms with van der Waals surface area (Å²) in [7, 11) is 1.30. The summed E-state index contributed by atoms with van der Waals surface area (Å²) in [6.07, 6.45) is 2.18. The minimum atomic E-state index is -1.23. The predicted molar refractivity (Wildman–Crippen MR) is 115 cm³/mol. The molecule has 11 heteroatoms. The Hall–Kier alpha value is -3.14. The molecule has 2 fully saturated rings. The molecule has 2 atom stereocenters. The number of carbonyl (C=O) groups is 5. The van der Waals surface area contributed by atoms with Crippen LogP contribution in [0.25, 0.3) is 0 Å². The molecule has 0 radical (unpaired) electrons. The minimum Gasteiger partial charge on any atom is -0.446 e. The molecule has 0 unspecified atom stereocenters. The molecule has 1 aliphatic heterocycles. The van der Waals surface area contributed by atoms with Crippen molar-refractivity contribution in [1.29, 1.82) is 0 Å². The summed E-state index contributed by atoms with van der Waals surface area (Å²) in [5.41, 5.74) is 0.134. The zero-order valence-corrected chi connectivity index (χ0v) is 18.3. The van der Waals surface area contributed by atoms with Crippen molar-refractivity contribution in [2.45, 2.75) is 44.2 Å². The Morgan fingerprint density at radius 2 is 1.97 bits per heavy atom. The second-order valence-corrected chi connectivity index (χ2v) is 8.19. The maximum atomic E-state index is 13.0. The first kappa shape index (κ1) is 23.5. The third kappa shape index (κ3) is 5.76. The van der Waals surface area contributed by atoms with Crippen LogP contribution in [-0.4, -0.2) is 55.3 Å². The highest BCUT2D eigenvalue weighted by Crippen LogP contribution is 2.25. The number of Topliss-reactive ketones (excluding diaryl/α,β-unsaturated/α-hetero) is 1. The number of amides is 4. The van der Waals surface area contributed by atoms with Gasteiger partial charge in [0.15, 0.2) is 0 Å². The van der Waals surface area contributed by atoms with Gasteiger partial charge in [0.1, 0.15) is 6.10 Å². The van der Waals surface area contributed by atoms with Crippen LogP contribution in [0.2, 0.25) is 5.02 Å². The summed E-state index contributed by atoms with van der Waals surface area (Å²) in [6, 6.07) is 3.04. The van der Waals surface area contributed by atoms with E-state index in [2.05, 4.69) is 21.3 Å². The molecule has 0 spiro atoms. The molecule has 1 aliphatic carbocycles. The molecule has 0 aromatic heterocycles. The van der Waals surface area contributed by atoms with Crippen molar-refractivity contribution in [2.75, 3.05) is 18.9 Å². The van der Waals surface area contributed by atoms with E-state index < -0.39 is 35.7 Å². The number of hydrogen-bond donors (Lipinski definition) is 4. The molecule has 0 bridgehead atoms. The summed E-state index contributed by atoms with van der Waals surface area (Å²) in [5.74, 6) is -3.24. The van der Waals surface area contributed by atoms with Crippen molar-refractivity contribution < 1.29 is 28.7 Å². The zero-order valence-electron chi connectivity index (χ0n) is 17.5. The average Bonchev–Trinajstić information content (AvgIpc) is 3.14. The molecule has 10 nitrogen and oxygen atoms in total. The van der Waals surface area contributed by atoms with E-state index in [-0.39, 0.29) is 34.7 Å². The number of likely N-dealkylation sites (N-methyl/N-ethyl adjacent to an activating group) is 1. The van der Waals surface area contributed by atoms with Crippen molar-refractivity contribution in [3.63, 3.8) is 0 Å². The van der Waals surface area contributed by atoms with E-state index in [0.717, 1.165) is 19.3 Å². The van der Waals surface area contributed by atoms with Gasteiger partial charge >= 0.3 is 6.09 Å². The summed E-state index contributed by atoms with van der Waals surface area (Å²) >= 11 is 6.03. The van der Waals surface area contributed by atoms with E-state index in [9.17, 15) is 24.0 Å². The Bertz CT molecular complexity index is 933. The Labute approximate surface area is 189 Å². The first-order valence-corrected chi connectivity index (χ1v) is 10.8. The van der Waals surface area contributed by atoms with Crippen LogP contribution in [0, 0.1) is 5.92 Å². The number of ketones is 1. The number of halogens is 1. The standard InChI is InChI=1S/C21H25ClN4O6/c1-23-20(30)17(27)16(9-11-7-8-24-18(11)28)25-19(29)14-10-12(22)5-6-15(14)26-21(31)32-13-3-2-4-13/h5-6,10-11,13,16H,2-4,7-9H2,1H3,(H,23,30)(H,24,28)(H,25,29)(H,26,31)/t11-,16-/m0/s1. The van der Waals surface area contributed by atoms with E-state index in [4.69, 9.17) is 16.3 Å². The predicted octanol–water partition coefficient (Wildman–Crippen LogP) is 1.38. The van der Waals surface area contributed by atoms with Crippen molar-refractivity contribution >= 4 is 46.9 Å². The van der Waals surface area contributed by atoms with Crippen molar-refractivity contribution in [1.82, 2.24) is 16.0 Å². The highest BCUT2D eigenvalue weighted by atomic mass is 35.5. The fourth-order valence-electron chi connectivity index (χ4n) is 3.50. The second kappa shape index (κ2) is 10.4. The lowest BCUT2D eigenvalue weighted by molar-refractivity contribution is -0.139. The maximum absolute atomic E-state index is 13.0. The lowest BCUT2D eigenvalue weighted by Crippen LogP contribution is -2.48. The van der Waals surface area contributed by atoms with E-state index in [1.807, 2.05) is 0 Å². The molecule has 1 aromatic carbocycles. The van der Waals surface area contributed by atoms with Gasteiger partial charge in [-0.25, -0.2) is 4.79 Å². The molecule has 1 saturated heterocycles. The number of rotatable bonds is 8. The van der Waals surface area contributed by atoms with Crippen LogP contribution < -0.4 is 21.3 Å². The van der Waals surface area contributed by atoms with Crippen LogP contribution in [0.5, 0.6) is 0 Å². The number of anilines is 1. The normalized spacial score (nSPS) is 18.7. The monoisotopic (exact) mass is 464 g/mol. The highest BCUT2D eigenvalue weighted by molar-refractivity contribution is 6.38. The van der Waals surface area contributed by atoms with Crippen molar-refractivity contribution in [3.8, 4) is 0 Å². The molecule has 32 heavy (non-hydrogen) atoms. The molecule has 1 saturated carbocycles. The highest BCUT2D eigenvalue weighted by Gasteiger charge is 2.34. The van der Waals surface area contributed by atoms with Gasteiger partial charge in [-0.2, -0.15) is 0 Å². The molecule has 4 N–H and O–H groups in total. The molecule has 3 rings (SSSR count). The van der Waals surface area contributed by atoms with Gasteiger partial charge in [-0.3, -0.25) is 24.5 Å². The van der Waals surface area contributed by atoms with Gasteiger partial charge in [0, 0.05) is 24.5 Å². The topological polar surface area (TPSA) is 143 Å². The first-order valence-electron chi connectivity index (χ1n) is 10.4. The van der Waals surface area contributed by atoms with Crippen LogP contribution in [0.4, 0.5) is 10.5 Å². The smallest absolute Gasteiger partial charge is 0.411 e. The number of nitrogens with one attached hydrogen (secondary N) is 4. The summed E-state index contributed by atoms with van der Waals surface area (Å²) < 4.78 is 5.25. The maximum Gasteiger partial charge on any atom is 0.411 e. The number of hydrogen-bond acceptors (Lipinski definition) is 6. The van der Waals surface area contributed by atoms with Gasteiger partial charge in [-0.1, -0.05) is 11.6 Å². The van der Waals surface area contributed by atoms with Crippen LogP contribution in [-0.2, 0) is 19.1 Å². The first-order chi connectivity index (χ1) is 15.3. The minimum absolute atomic E-state index is 0.00589. The summed E-state index contributed by atoms with van der Waals surface area (Å²) in [5, 5.41) is 10.2. The Morgan fingerprint density at radius 3 is 2.56 bits per heavy atom. The summed E-state index contributed by atoms with van der Waals surface area (Å²) in [4.78, 5) is 61.6. The fourth-order valence-corrected chi connectivity index (χ4v) is 3.67. The average molecular weight is 465 g/mol. The Kier molecular flexibility index (Phi) is 7.68. The van der Waals surface area contributed by atoms with Crippen LogP contribution in [0.1, 0.15) is 42.5 Å². The van der Waals surface area contributed by atoms with Crippen molar-refractivity contribution in [3.05, 3.63) is 28.8 Å². The number of benzene rings is 1. The van der Waals surface area contributed by atoms with E-state index in [0.29, 0.717) is 13.0 Å². The van der Waals surface area contributed by atoms with E-state index in [1.165, 1.54) is 25.2 Å². The number of carbonyl (C=O) groups excluding carboxylic acids is 5. The summed E-state index contributed by atoms with van der Waals surface area (Å²) in [6.45, 7) is 0.462. The fraction of sp³-hybridized carbons (Fsp3) is 0.476. The Morgan fingerprint density at radius 1 is 1.22 bits per heavy atom. The Balaban J connectivity index is 1.77. The van der Waals surface area contributed by atoms with Gasteiger partial charge in [0.25, 0.3) is 11.8 Å². The molecule has 1 heterocycles. The molecule has 2 aliphatic rings. The SMILES string of the molecule is CNC(=O)C(=O)[C@H](C[C@@H]1CCNC1=O)NC(=O)c1cc(Cl)ccc1NC(=O)OC1CCC1. The third-order valence-electron chi connectivity index (χ3n) is 5.54. The van der Waals surface area contributed by atoms with Crippen molar-refractivity contribution in [2.24, 2.45) is 5.92 Å². The van der Waals surface area contributed by atoms with Gasteiger partial charge in [0.05, 0.1) is 17.3 Å². The van der Waals surface area contributed by atoms with E-state index in [1.54, 1.807) is 0 Å². The second-order valence-electron chi connectivity index (χ2n) is 7.75. The van der Waals surface area contributed by atoms with Crippen LogP contribution in [0.3, 0.4) is 0 Å². The largest absolute Gasteiger partial charge is 0.446 e. The quantitative estimate of drug-likeness (QED) is 0.428. The molecule has 1 aromatic rings. The van der Waals surface area contributed by atoms with Crippen LogP contribution >= 0.6 is 11.6 Å². The molecule has 4 amide bonds. The third-order valence-corrected chi connectivity index (χ3v) is 5.78. The zero-order chi connectivity index (χ0) is 23.3. The number of ether oxygens (including phenoxy) is 1.